The lowest BCUT2D eigenvalue weighted by Crippen LogP contribution is -2.12. The number of hydrogen-bond donors (Lipinski definition) is 1. The van der Waals surface area contributed by atoms with Crippen molar-refractivity contribution in [3.05, 3.63) is 51.4 Å². The van der Waals surface area contributed by atoms with Gasteiger partial charge in [0.05, 0.1) is 25.3 Å². The van der Waals surface area contributed by atoms with Crippen LogP contribution in [-0.4, -0.2) is 32.1 Å². The van der Waals surface area contributed by atoms with Crippen LogP contribution in [0.4, 0.5) is 5.00 Å². The van der Waals surface area contributed by atoms with Crippen LogP contribution in [0.25, 0.3) is 0 Å². The van der Waals surface area contributed by atoms with Crippen LogP contribution < -0.4 is 5.32 Å². The van der Waals surface area contributed by atoms with Gasteiger partial charge in [0.15, 0.2) is 0 Å². The van der Waals surface area contributed by atoms with Gasteiger partial charge < -0.3 is 14.8 Å². The van der Waals surface area contributed by atoms with Gasteiger partial charge in [0, 0.05) is 5.56 Å². The maximum absolute atomic E-state index is 12.3. The van der Waals surface area contributed by atoms with Gasteiger partial charge in [0.1, 0.15) is 15.9 Å². The van der Waals surface area contributed by atoms with Crippen LogP contribution in [0, 0.1) is 18.3 Å². The molecule has 0 saturated carbocycles. The lowest BCUT2D eigenvalue weighted by atomic mass is 10.1. The number of nitrogens with one attached hydrogen (secondary N) is 1. The summed E-state index contributed by atoms with van der Waals surface area (Å²) < 4.78 is 9.27. The van der Waals surface area contributed by atoms with Crippen LogP contribution in [0.3, 0.4) is 0 Å². The lowest BCUT2D eigenvalue weighted by molar-refractivity contribution is 0.0594. The van der Waals surface area contributed by atoms with Gasteiger partial charge in [-0.15, -0.1) is 11.3 Å². The van der Waals surface area contributed by atoms with E-state index in [0.29, 0.717) is 16.7 Å². The minimum atomic E-state index is -0.568. The average molecular weight is 358 g/mol. The third kappa shape index (κ3) is 3.67. The summed E-state index contributed by atoms with van der Waals surface area (Å²) in [6.45, 7) is 1.61. The van der Waals surface area contributed by atoms with E-state index < -0.39 is 17.8 Å². The van der Waals surface area contributed by atoms with Crippen molar-refractivity contribution in [2.24, 2.45) is 0 Å². The van der Waals surface area contributed by atoms with Gasteiger partial charge in [-0.05, 0) is 36.8 Å². The summed E-state index contributed by atoms with van der Waals surface area (Å²) in [6.07, 6.45) is 0. The van der Waals surface area contributed by atoms with Gasteiger partial charge in [-0.1, -0.05) is 0 Å². The summed E-state index contributed by atoms with van der Waals surface area (Å²) in [7, 11) is 2.51. The number of carbonyl (C=O) groups is 3. The van der Waals surface area contributed by atoms with E-state index >= 15 is 0 Å². The fraction of sp³-hybridized carbons (Fsp3) is 0.176. The number of thiophene rings is 1. The Bertz CT molecular complexity index is 878. The van der Waals surface area contributed by atoms with E-state index in [-0.39, 0.29) is 15.4 Å². The Labute approximate surface area is 147 Å². The van der Waals surface area contributed by atoms with Crippen molar-refractivity contribution >= 4 is 34.2 Å². The third-order valence-corrected chi connectivity index (χ3v) is 4.61. The molecule has 1 aromatic heterocycles. The van der Waals surface area contributed by atoms with Gasteiger partial charge in [-0.25, -0.2) is 9.59 Å². The monoisotopic (exact) mass is 358 g/mol. The zero-order chi connectivity index (χ0) is 18.6. The van der Waals surface area contributed by atoms with Crippen LogP contribution in [-0.2, 0) is 9.47 Å². The number of nitriles is 1. The first-order valence-electron chi connectivity index (χ1n) is 7.04. The Balaban J connectivity index is 2.27. The Morgan fingerprint density at radius 2 is 1.60 bits per heavy atom. The SMILES string of the molecule is COC(=O)c1ccc(C(=O)Nc2sc(C(=O)OC)c(C)c2C#N)cc1. The molecule has 0 fully saturated rings. The maximum Gasteiger partial charge on any atom is 0.348 e. The van der Waals surface area contributed by atoms with Crippen molar-refractivity contribution in [2.45, 2.75) is 6.92 Å². The number of methoxy groups -OCH3 is 2. The minimum absolute atomic E-state index is 0.213. The van der Waals surface area contributed by atoms with Crippen LogP contribution in [0.2, 0.25) is 0 Å². The highest BCUT2D eigenvalue weighted by Gasteiger charge is 2.22. The molecule has 0 atom stereocenters. The highest BCUT2D eigenvalue weighted by Crippen LogP contribution is 2.33. The molecule has 2 rings (SSSR count). The zero-order valence-corrected chi connectivity index (χ0v) is 14.5. The Morgan fingerprint density at radius 1 is 1.04 bits per heavy atom. The molecule has 0 aliphatic carbocycles. The molecule has 0 aliphatic rings. The highest BCUT2D eigenvalue weighted by molar-refractivity contribution is 7.18. The minimum Gasteiger partial charge on any atom is -0.465 e. The molecule has 8 heteroatoms. The molecule has 0 unspecified atom stereocenters. The van der Waals surface area contributed by atoms with E-state index in [1.165, 1.54) is 38.5 Å². The molecule has 1 aromatic carbocycles. The smallest absolute Gasteiger partial charge is 0.348 e. The van der Waals surface area contributed by atoms with Crippen molar-refractivity contribution < 1.29 is 23.9 Å². The number of benzene rings is 1. The molecular weight excluding hydrogens is 344 g/mol. The molecule has 25 heavy (non-hydrogen) atoms. The fourth-order valence-electron chi connectivity index (χ4n) is 2.07. The van der Waals surface area contributed by atoms with Gasteiger partial charge in [0.25, 0.3) is 5.91 Å². The van der Waals surface area contributed by atoms with E-state index in [2.05, 4.69) is 14.8 Å². The third-order valence-electron chi connectivity index (χ3n) is 3.42. The number of carbonyl (C=O) groups excluding carboxylic acids is 3. The van der Waals surface area contributed by atoms with E-state index in [1.807, 2.05) is 6.07 Å². The van der Waals surface area contributed by atoms with E-state index in [1.54, 1.807) is 6.92 Å². The first-order valence-corrected chi connectivity index (χ1v) is 7.86. The standard InChI is InChI=1S/C17H14N2O5S/c1-9-12(8-18)15(25-13(9)17(22)24-3)19-14(20)10-4-6-11(7-5-10)16(21)23-2/h4-7H,1-3H3,(H,19,20). The summed E-state index contributed by atoms with van der Waals surface area (Å²) in [5.41, 5.74) is 1.28. The molecule has 1 amide bonds. The summed E-state index contributed by atoms with van der Waals surface area (Å²) in [5.74, 6) is -1.54. The Hall–Kier alpha value is -3.18. The topological polar surface area (TPSA) is 105 Å². The number of esters is 2. The Kier molecular flexibility index (Phi) is 5.52. The number of nitrogens with zero attached hydrogens (tertiary/aromatic N) is 1. The van der Waals surface area contributed by atoms with Crippen molar-refractivity contribution in [2.75, 3.05) is 19.5 Å². The molecule has 1 heterocycles. The van der Waals surface area contributed by atoms with Crippen molar-refractivity contribution in [1.82, 2.24) is 0 Å². The molecule has 0 bridgehead atoms. The molecule has 7 nitrogen and oxygen atoms in total. The number of anilines is 1. The molecule has 128 valence electrons. The van der Waals surface area contributed by atoms with Gasteiger partial charge in [-0.2, -0.15) is 5.26 Å². The normalized spacial score (nSPS) is 9.84. The summed E-state index contributed by atoms with van der Waals surface area (Å²) in [5, 5.41) is 12.2. The maximum atomic E-state index is 12.3. The largest absolute Gasteiger partial charge is 0.465 e. The first-order chi connectivity index (χ1) is 11.9. The first kappa shape index (κ1) is 18.2. The second-order valence-corrected chi connectivity index (χ2v) is 5.91. The second kappa shape index (κ2) is 7.59. The molecule has 0 radical (unpaired) electrons. The fourth-order valence-corrected chi connectivity index (χ4v) is 3.14. The molecule has 2 aromatic rings. The predicted octanol–water partition coefficient (Wildman–Crippen LogP) is 2.75. The summed E-state index contributed by atoms with van der Waals surface area (Å²) in [4.78, 5) is 35.7. The zero-order valence-electron chi connectivity index (χ0n) is 13.7. The molecule has 0 aliphatic heterocycles. The number of rotatable bonds is 4. The summed E-state index contributed by atoms with van der Waals surface area (Å²) in [6, 6.07) is 7.84. The Morgan fingerprint density at radius 3 is 2.12 bits per heavy atom. The number of hydrogen-bond acceptors (Lipinski definition) is 7. The lowest BCUT2D eigenvalue weighted by Gasteiger charge is -2.04. The van der Waals surface area contributed by atoms with Crippen molar-refractivity contribution in [3.63, 3.8) is 0 Å². The quantitative estimate of drug-likeness (QED) is 0.843. The van der Waals surface area contributed by atoms with Gasteiger partial charge in [-0.3, -0.25) is 4.79 Å². The van der Waals surface area contributed by atoms with E-state index in [4.69, 9.17) is 0 Å². The van der Waals surface area contributed by atoms with Gasteiger partial charge >= 0.3 is 11.9 Å². The van der Waals surface area contributed by atoms with Crippen molar-refractivity contribution in [3.8, 4) is 6.07 Å². The molecule has 0 saturated heterocycles. The molecule has 1 N–H and O–H groups in total. The predicted molar refractivity (Wildman–Crippen MR) is 90.8 cm³/mol. The van der Waals surface area contributed by atoms with Crippen LogP contribution in [0.5, 0.6) is 0 Å². The van der Waals surface area contributed by atoms with E-state index in [9.17, 15) is 19.6 Å². The number of amides is 1. The summed E-state index contributed by atoms with van der Waals surface area (Å²) >= 11 is 0.975. The van der Waals surface area contributed by atoms with Crippen LogP contribution in [0.1, 0.15) is 41.5 Å². The average Bonchev–Trinajstić information content (AvgIpc) is 2.95. The second-order valence-electron chi connectivity index (χ2n) is 4.89. The highest BCUT2D eigenvalue weighted by atomic mass is 32.1. The number of ether oxygens (including phenoxy) is 2. The van der Waals surface area contributed by atoms with Crippen LogP contribution >= 0.6 is 11.3 Å². The van der Waals surface area contributed by atoms with E-state index in [0.717, 1.165) is 11.3 Å². The van der Waals surface area contributed by atoms with Crippen LogP contribution in [0.15, 0.2) is 24.3 Å². The van der Waals surface area contributed by atoms with Gasteiger partial charge in [0.2, 0.25) is 0 Å². The van der Waals surface area contributed by atoms with Crippen molar-refractivity contribution in [1.29, 1.82) is 5.26 Å². The molecular formula is C17H14N2O5S. The molecule has 0 spiro atoms.